The maximum absolute atomic E-state index is 12.5. The van der Waals surface area contributed by atoms with Gasteiger partial charge in [0.1, 0.15) is 19.0 Å². The van der Waals surface area contributed by atoms with Crippen LogP contribution in [0.3, 0.4) is 0 Å². The fraction of sp³-hybridized carbons (Fsp3) is 0.200. The number of ether oxygens (including phenoxy) is 2. The lowest BCUT2D eigenvalue weighted by atomic mass is 10.2. The van der Waals surface area contributed by atoms with Gasteiger partial charge in [0.2, 0.25) is 0 Å². The third-order valence-corrected chi connectivity index (χ3v) is 5.44. The van der Waals surface area contributed by atoms with Crippen LogP contribution < -0.4 is 4.74 Å². The molecule has 1 aromatic heterocycles. The van der Waals surface area contributed by atoms with Crippen molar-refractivity contribution >= 4 is 17.0 Å². The number of amides is 1. The van der Waals surface area contributed by atoms with Gasteiger partial charge in [0.15, 0.2) is 0 Å². The van der Waals surface area contributed by atoms with Gasteiger partial charge < -0.3 is 9.47 Å². The quantitative estimate of drug-likeness (QED) is 0.377. The van der Waals surface area contributed by atoms with Crippen molar-refractivity contribution in [2.75, 3.05) is 0 Å². The van der Waals surface area contributed by atoms with E-state index in [-0.39, 0.29) is 6.61 Å². The zero-order chi connectivity index (χ0) is 22.0. The Bertz CT molecular complexity index is 1230. The molecule has 7 nitrogen and oxygen atoms in total. The van der Waals surface area contributed by atoms with Crippen molar-refractivity contribution in [3.05, 3.63) is 96.2 Å². The van der Waals surface area contributed by atoms with Crippen molar-refractivity contribution in [3.8, 4) is 5.75 Å². The lowest BCUT2D eigenvalue weighted by Gasteiger charge is -2.10. The Morgan fingerprint density at radius 1 is 0.969 bits per heavy atom. The maximum Gasteiger partial charge on any atom is 0.438 e. The summed E-state index contributed by atoms with van der Waals surface area (Å²) in [5.41, 5.74) is 2.77. The molecule has 1 saturated heterocycles. The van der Waals surface area contributed by atoms with Crippen LogP contribution in [0.4, 0.5) is 4.79 Å². The number of nitrogens with zero attached hydrogens (tertiary/aromatic N) is 3. The number of rotatable bonds is 7. The van der Waals surface area contributed by atoms with Crippen LogP contribution in [-0.4, -0.2) is 20.9 Å². The standard InChI is InChI=1S/C25H23N3O4/c1-2-25(28(32-25)24(29)31-18-20-11-7-4-8-12-20)27-16-21-13-14-22(15-23(21)26-27)30-17-19-9-5-3-6-10-19/h3-16H,2,17-18H2,1H3/t25-,28?/m0/s1. The molecule has 1 fully saturated rings. The van der Waals surface area contributed by atoms with Crippen LogP contribution in [0, 0.1) is 0 Å². The molecule has 0 unspecified atom stereocenters. The molecule has 0 spiro atoms. The number of carbonyl (C=O) groups excluding carboxylic acids is 1. The summed E-state index contributed by atoms with van der Waals surface area (Å²) in [5.74, 6) is -0.245. The number of hydrogen-bond donors (Lipinski definition) is 0. The molecule has 2 heterocycles. The van der Waals surface area contributed by atoms with Gasteiger partial charge >= 0.3 is 6.09 Å². The van der Waals surface area contributed by atoms with Crippen LogP contribution in [-0.2, 0) is 28.6 Å². The molecule has 1 amide bonds. The van der Waals surface area contributed by atoms with Gasteiger partial charge in [-0.1, -0.05) is 67.6 Å². The van der Waals surface area contributed by atoms with Crippen molar-refractivity contribution in [2.24, 2.45) is 0 Å². The molecule has 1 aliphatic rings. The minimum absolute atomic E-state index is 0.183. The third-order valence-electron chi connectivity index (χ3n) is 5.44. The van der Waals surface area contributed by atoms with E-state index >= 15 is 0 Å². The van der Waals surface area contributed by atoms with Gasteiger partial charge in [0.25, 0.3) is 5.85 Å². The first-order chi connectivity index (χ1) is 15.7. The number of benzene rings is 3. The molecule has 0 N–H and O–H groups in total. The smallest absolute Gasteiger partial charge is 0.438 e. The van der Waals surface area contributed by atoms with E-state index in [2.05, 4.69) is 5.10 Å². The summed E-state index contributed by atoms with van der Waals surface area (Å²) in [5, 5.41) is 6.81. The molecule has 3 aromatic carbocycles. The molecular weight excluding hydrogens is 406 g/mol. The largest absolute Gasteiger partial charge is 0.489 e. The molecule has 32 heavy (non-hydrogen) atoms. The van der Waals surface area contributed by atoms with Gasteiger partial charge in [0.05, 0.1) is 5.52 Å². The first-order valence-corrected chi connectivity index (χ1v) is 10.5. The van der Waals surface area contributed by atoms with Crippen molar-refractivity contribution in [2.45, 2.75) is 32.4 Å². The second-order valence-electron chi connectivity index (χ2n) is 7.59. The van der Waals surface area contributed by atoms with Crippen LogP contribution in [0.25, 0.3) is 10.9 Å². The summed E-state index contributed by atoms with van der Waals surface area (Å²) >= 11 is 0. The van der Waals surface area contributed by atoms with Crippen molar-refractivity contribution in [1.29, 1.82) is 0 Å². The molecular formula is C25H23N3O4. The average Bonchev–Trinajstić information content (AvgIpc) is 3.45. The first-order valence-electron chi connectivity index (χ1n) is 10.5. The normalized spacial score (nSPS) is 17.3. The predicted octanol–water partition coefficient (Wildman–Crippen LogP) is 5.22. The van der Waals surface area contributed by atoms with Crippen LogP contribution in [0.15, 0.2) is 85.1 Å². The predicted molar refractivity (Wildman–Crippen MR) is 118 cm³/mol. The molecule has 0 aliphatic carbocycles. The van der Waals surface area contributed by atoms with Crippen molar-refractivity contribution in [1.82, 2.24) is 14.8 Å². The lowest BCUT2D eigenvalue weighted by Crippen LogP contribution is -2.28. The van der Waals surface area contributed by atoms with Gasteiger partial charge in [-0.2, -0.15) is 5.10 Å². The summed E-state index contributed by atoms with van der Waals surface area (Å²) in [6.07, 6.45) is 1.85. The minimum Gasteiger partial charge on any atom is -0.489 e. The molecule has 0 saturated carbocycles. The Hall–Kier alpha value is -3.84. The molecule has 0 bridgehead atoms. The van der Waals surface area contributed by atoms with Crippen LogP contribution in [0.2, 0.25) is 0 Å². The number of carbonyl (C=O) groups is 1. The molecule has 5 rings (SSSR count). The molecule has 7 heteroatoms. The van der Waals surface area contributed by atoms with Gasteiger partial charge in [-0.25, -0.2) is 14.3 Å². The third kappa shape index (κ3) is 3.90. The highest BCUT2D eigenvalue weighted by Gasteiger charge is 2.61. The van der Waals surface area contributed by atoms with E-state index < -0.39 is 11.9 Å². The second kappa shape index (κ2) is 8.36. The molecule has 4 aromatic rings. The maximum atomic E-state index is 12.5. The SMILES string of the molecule is CC[C@@]1(n2cc3ccc(OCc4ccccc4)cc3n2)ON1C(=O)OCc1ccccc1. The van der Waals surface area contributed by atoms with E-state index in [0.29, 0.717) is 13.0 Å². The Morgan fingerprint density at radius 2 is 1.66 bits per heavy atom. The van der Waals surface area contributed by atoms with E-state index in [1.807, 2.05) is 92.0 Å². The van der Waals surface area contributed by atoms with E-state index in [1.165, 1.54) is 5.06 Å². The minimum atomic E-state index is -0.974. The fourth-order valence-corrected chi connectivity index (χ4v) is 3.59. The van der Waals surface area contributed by atoms with Gasteiger partial charge in [-0.3, -0.25) is 0 Å². The summed E-state index contributed by atoms with van der Waals surface area (Å²) < 4.78 is 13.0. The lowest BCUT2D eigenvalue weighted by molar-refractivity contribution is 0.0867. The zero-order valence-corrected chi connectivity index (χ0v) is 17.7. The second-order valence-corrected chi connectivity index (χ2v) is 7.59. The van der Waals surface area contributed by atoms with E-state index in [4.69, 9.17) is 14.3 Å². The highest BCUT2D eigenvalue weighted by Crippen LogP contribution is 2.43. The number of hydrogen-bond acceptors (Lipinski definition) is 5. The molecule has 1 aliphatic heterocycles. The van der Waals surface area contributed by atoms with Gasteiger partial charge in [0, 0.05) is 24.1 Å². The summed E-state index contributed by atoms with van der Waals surface area (Å²) in [7, 11) is 0. The zero-order valence-electron chi connectivity index (χ0n) is 17.7. The highest BCUT2D eigenvalue weighted by molar-refractivity contribution is 5.79. The number of fused-ring (bicyclic) bond motifs is 1. The number of aromatic nitrogens is 2. The molecule has 0 radical (unpaired) electrons. The summed E-state index contributed by atoms with van der Waals surface area (Å²) in [4.78, 5) is 18.2. The van der Waals surface area contributed by atoms with E-state index in [1.54, 1.807) is 4.68 Å². The Kier molecular flexibility index (Phi) is 5.25. The van der Waals surface area contributed by atoms with Crippen LogP contribution in [0.5, 0.6) is 5.75 Å². The molecule has 1 atom stereocenters. The number of hydroxylamine groups is 2. The van der Waals surface area contributed by atoms with E-state index in [9.17, 15) is 4.79 Å². The van der Waals surface area contributed by atoms with E-state index in [0.717, 1.165) is 27.8 Å². The Balaban J connectivity index is 1.28. The molecule has 162 valence electrons. The van der Waals surface area contributed by atoms with Crippen LogP contribution >= 0.6 is 0 Å². The topological polar surface area (TPSA) is 68.9 Å². The summed E-state index contributed by atoms with van der Waals surface area (Å²) in [6.45, 7) is 2.60. The van der Waals surface area contributed by atoms with Crippen molar-refractivity contribution < 1.29 is 19.1 Å². The summed E-state index contributed by atoms with van der Waals surface area (Å²) in [6, 6.07) is 25.3. The van der Waals surface area contributed by atoms with Crippen molar-refractivity contribution in [3.63, 3.8) is 0 Å². The van der Waals surface area contributed by atoms with Gasteiger partial charge in [-0.05, 0) is 23.3 Å². The van der Waals surface area contributed by atoms with Crippen LogP contribution in [0.1, 0.15) is 24.5 Å². The fourth-order valence-electron chi connectivity index (χ4n) is 3.59. The first kappa shape index (κ1) is 20.1. The van der Waals surface area contributed by atoms with Gasteiger partial charge in [-0.15, -0.1) is 5.06 Å². The Labute approximate surface area is 185 Å². The average molecular weight is 429 g/mol. The monoisotopic (exact) mass is 429 g/mol. The highest BCUT2D eigenvalue weighted by atomic mass is 16.9. The Morgan fingerprint density at radius 3 is 2.34 bits per heavy atom.